The molecule has 9 nitrogen and oxygen atoms in total. The molecule has 3 aliphatic rings. The highest BCUT2D eigenvalue weighted by molar-refractivity contribution is 7.14. The van der Waals surface area contributed by atoms with Gasteiger partial charge < -0.3 is 0 Å². The Kier molecular flexibility index (Phi) is 4.66. The molecule has 0 spiro atoms. The van der Waals surface area contributed by atoms with Gasteiger partial charge in [0.25, 0.3) is 5.69 Å². The molecule has 0 saturated heterocycles. The highest BCUT2D eigenvalue weighted by Crippen LogP contribution is 2.38. The highest BCUT2D eigenvalue weighted by Gasteiger charge is 2.45. The van der Waals surface area contributed by atoms with E-state index in [1.807, 2.05) is 53.9 Å². The normalized spacial score (nSPS) is 21.2. The molecular formula is C24H16N6O3S. The molecular weight excluding hydrogens is 452 g/mol. The number of fused-ring (bicyclic) bond motifs is 4. The Hall–Kier alpha value is -4.44. The van der Waals surface area contributed by atoms with E-state index in [0.717, 1.165) is 22.5 Å². The lowest BCUT2D eigenvalue weighted by atomic mass is 9.94. The van der Waals surface area contributed by atoms with Crippen molar-refractivity contribution in [3.63, 3.8) is 0 Å². The van der Waals surface area contributed by atoms with Gasteiger partial charge in [0.2, 0.25) is 11.0 Å². The van der Waals surface area contributed by atoms with Crippen molar-refractivity contribution in [2.24, 2.45) is 16.0 Å². The Morgan fingerprint density at radius 3 is 2.76 bits per heavy atom. The molecule has 34 heavy (non-hydrogen) atoms. The number of hydrazone groups is 1. The number of carbonyl (C=O) groups is 1. The molecule has 1 N–H and O–H groups in total. The number of benzene rings is 2. The molecule has 1 aliphatic carbocycles. The number of rotatable bonds is 4. The van der Waals surface area contributed by atoms with E-state index in [9.17, 15) is 14.9 Å². The number of non-ortho nitro benzene ring substituents is 1. The Morgan fingerprint density at radius 2 is 1.94 bits per heavy atom. The number of carbonyl (C=O) groups excluding carboxylic acids is 1. The molecule has 2 aromatic carbocycles. The fourth-order valence-corrected chi connectivity index (χ4v) is 4.91. The van der Waals surface area contributed by atoms with Crippen LogP contribution in [0.3, 0.4) is 0 Å². The minimum Gasteiger partial charge on any atom is -0.282 e. The number of aliphatic imine (C=N–C) groups is 1. The summed E-state index contributed by atoms with van der Waals surface area (Å²) in [5.74, 6) is -0.409. The van der Waals surface area contributed by atoms with Gasteiger partial charge >= 0.3 is 0 Å². The maximum atomic E-state index is 13.3. The number of nitrogens with one attached hydrogen (secondary N) is 1. The zero-order valence-corrected chi connectivity index (χ0v) is 18.3. The molecule has 0 fully saturated rings. The van der Waals surface area contributed by atoms with Crippen LogP contribution in [0.5, 0.6) is 0 Å². The molecule has 6 rings (SSSR count). The standard InChI is InChI=1S/C24H16N6O3S/c31-23-16-5-1-3-7-18(16)25-22-21(17-6-2-4-8-20(17)29(22)23)27-28-24-26-19(13-34-24)14-9-11-15(12-10-14)30(32)33/h1-13,16,22H,(H,26,28)/b27-21-. The van der Waals surface area contributed by atoms with Crippen molar-refractivity contribution in [3.05, 3.63) is 93.9 Å². The van der Waals surface area contributed by atoms with E-state index >= 15 is 0 Å². The lowest BCUT2D eigenvalue weighted by Gasteiger charge is -2.32. The van der Waals surface area contributed by atoms with Crippen molar-refractivity contribution in [2.75, 3.05) is 10.3 Å². The number of thiazole rings is 1. The van der Waals surface area contributed by atoms with E-state index in [0.29, 0.717) is 16.5 Å². The monoisotopic (exact) mass is 468 g/mol. The lowest BCUT2D eigenvalue weighted by molar-refractivity contribution is -0.384. The van der Waals surface area contributed by atoms with Crippen molar-refractivity contribution in [1.29, 1.82) is 0 Å². The fraction of sp³-hybridized carbons (Fsp3) is 0.0833. The molecule has 2 unspecified atom stereocenters. The molecule has 0 saturated carbocycles. The molecule has 2 atom stereocenters. The Morgan fingerprint density at radius 1 is 1.12 bits per heavy atom. The van der Waals surface area contributed by atoms with Gasteiger partial charge in [-0.2, -0.15) is 5.10 Å². The van der Waals surface area contributed by atoms with Gasteiger partial charge in [0, 0.05) is 28.6 Å². The SMILES string of the molecule is O=C1C2C=CC=CC2=NC2/C(=N\Nc3nc(-c4ccc([N+](=O)[O-])cc4)cs3)c3ccccc3N12. The smallest absolute Gasteiger partial charge is 0.269 e. The second-order valence-electron chi connectivity index (χ2n) is 7.83. The van der Waals surface area contributed by atoms with E-state index in [1.165, 1.54) is 23.5 Å². The maximum Gasteiger partial charge on any atom is 0.269 e. The first kappa shape index (κ1) is 20.2. The quantitative estimate of drug-likeness (QED) is 0.450. The minimum atomic E-state index is -0.547. The number of amides is 1. The molecule has 1 aromatic heterocycles. The Bertz CT molecular complexity index is 1450. The topological polar surface area (TPSA) is 113 Å². The van der Waals surface area contributed by atoms with Crippen LogP contribution in [0.15, 0.2) is 88.3 Å². The van der Waals surface area contributed by atoms with Crippen molar-refractivity contribution in [2.45, 2.75) is 6.17 Å². The predicted molar refractivity (Wildman–Crippen MR) is 131 cm³/mol. The van der Waals surface area contributed by atoms with Crippen molar-refractivity contribution in [1.82, 2.24) is 4.98 Å². The van der Waals surface area contributed by atoms with Crippen LogP contribution in [-0.2, 0) is 4.79 Å². The van der Waals surface area contributed by atoms with E-state index in [-0.39, 0.29) is 17.5 Å². The maximum absolute atomic E-state index is 13.3. The number of para-hydroxylation sites is 1. The van der Waals surface area contributed by atoms with E-state index in [1.54, 1.807) is 17.0 Å². The lowest BCUT2D eigenvalue weighted by Crippen LogP contribution is -2.49. The summed E-state index contributed by atoms with van der Waals surface area (Å²) in [6.07, 6.45) is 6.93. The summed E-state index contributed by atoms with van der Waals surface area (Å²) in [7, 11) is 0. The van der Waals surface area contributed by atoms with Gasteiger partial charge in [-0.05, 0) is 24.3 Å². The highest BCUT2D eigenvalue weighted by atomic mass is 32.1. The van der Waals surface area contributed by atoms with Crippen LogP contribution < -0.4 is 10.3 Å². The molecule has 1 amide bonds. The number of aromatic nitrogens is 1. The van der Waals surface area contributed by atoms with Crippen LogP contribution in [0.1, 0.15) is 5.56 Å². The summed E-state index contributed by atoms with van der Waals surface area (Å²) in [4.78, 5) is 34.8. The summed E-state index contributed by atoms with van der Waals surface area (Å²) in [5, 5.41) is 17.9. The van der Waals surface area contributed by atoms with Crippen LogP contribution in [0.4, 0.5) is 16.5 Å². The number of nitro benzene ring substituents is 1. The van der Waals surface area contributed by atoms with Crippen LogP contribution in [0.25, 0.3) is 11.3 Å². The average Bonchev–Trinajstić information content (AvgIpc) is 3.46. The van der Waals surface area contributed by atoms with Gasteiger partial charge in [0.05, 0.1) is 27.9 Å². The number of anilines is 2. The first-order chi connectivity index (χ1) is 16.6. The molecule has 10 heteroatoms. The van der Waals surface area contributed by atoms with Gasteiger partial charge in [-0.25, -0.2) is 4.98 Å². The number of hydrogen-bond acceptors (Lipinski definition) is 8. The van der Waals surface area contributed by atoms with Crippen LogP contribution >= 0.6 is 11.3 Å². The van der Waals surface area contributed by atoms with Gasteiger partial charge in [0.1, 0.15) is 5.71 Å². The molecule has 0 bridgehead atoms. The Balaban J connectivity index is 1.32. The summed E-state index contributed by atoms with van der Waals surface area (Å²) in [5.41, 5.74) is 7.50. The molecule has 3 aromatic rings. The van der Waals surface area contributed by atoms with Crippen molar-refractivity contribution < 1.29 is 9.72 Å². The van der Waals surface area contributed by atoms with Gasteiger partial charge in [0.15, 0.2) is 6.17 Å². The summed E-state index contributed by atoms with van der Waals surface area (Å²) in [6, 6.07) is 13.9. The summed E-state index contributed by atoms with van der Waals surface area (Å²) < 4.78 is 0. The fourth-order valence-electron chi connectivity index (χ4n) is 4.24. The summed E-state index contributed by atoms with van der Waals surface area (Å²) in [6.45, 7) is 0. The molecule has 3 heterocycles. The predicted octanol–water partition coefficient (Wildman–Crippen LogP) is 4.40. The van der Waals surface area contributed by atoms with E-state index in [4.69, 9.17) is 4.99 Å². The van der Waals surface area contributed by atoms with Crippen molar-refractivity contribution >= 4 is 45.2 Å². The molecule has 0 radical (unpaired) electrons. The van der Waals surface area contributed by atoms with Gasteiger partial charge in [-0.1, -0.05) is 36.4 Å². The molecule has 2 aliphatic heterocycles. The third-order valence-electron chi connectivity index (χ3n) is 5.85. The zero-order valence-electron chi connectivity index (χ0n) is 17.5. The third-order valence-corrected chi connectivity index (χ3v) is 6.60. The summed E-state index contributed by atoms with van der Waals surface area (Å²) >= 11 is 1.37. The first-order valence-electron chi connectivity index (χ1n) is 10.5. The minimum absolute atomic E-state index is 0.0250. The number of allylic oxidation sites excluding steroid dienone is 3. The average molecular weight is 468 g/mol. The molecule has 166 valence electrons. The zero-order chi connectivity index (χ0) is 23.2. The van der Waals surface area contributed by atoms with Crippen molar-refractivity contribution in [3.8, 4) is 11.3 Å². The largest absolute Gasteiger partial charge is 0.282 e. The van der Waals surface area contributed by atoms with E-state index < -0.39 is 11.1 Å². The number of nitro groups is 1. The van der Waals surface area contributed by atoms with Crippen LogP contribution in [-0.4, -0.2) is 33.4 Å². The van der Waals surface area contributed by atoms with Gasteiger partial charge in [-0.3, -0.25) is 30.2 Å². The van der Waals surface area contributed by atoms with Gasteiger partial charge in [-0.15, -0.1) is 11.3 Å². The van der Waals surface area contributed by atoms with Crippen LogP contribution in [0.2, 0.25) is 0 Å². The second-order valence-corrected chi connectivity index (χ2v) is 8.68. The third kappa shape index (κ3) is 3.23. The number of nitrogens with zero attached hydrogens (tertiary/aromatic N) is 5. The second kappa shape index (κ2) is 7.85. The Labute approximate surface area is 197 Å². The first-order valence-corrected chi connectivity index (χ1v) is 11.4. The van der Waals surface area contributed by atoms with Crippen LogP contribution in [0, 0.1) is 16.0 Å². The van der Waals surface area contributed by atoms with E-state index in [2.05, 4.69) is 15.5 Å². The number of hydrogen-bond donors (Lipinski definition) is 1.